The van der Waals surface area contributed by atoms with Gasteiger partial charge in [-0.2, -0.15) is 0 Å². The Hall–Kier alpha value is -3.58. The second kappa shape index (κ2) is 19.4. The fraction of sp³-hybridized carbons (Fsp3) is 0.714. The van der Waals surface area contributed by atoms with Gasteiger partial charge in [0.15, 0.2) is 17.7 Å². The van der Waals surface area contributed by atoms with E-state index in [1.54, 1.807) is 53.9 Å². The molecule has 3 aliphatic heterocycles. The summed E-state index contributed by atoms with van der Waals surface area (Å²) in [5, 5.41) is 18.8. The number of aryl methyl sites for hydroxylation is 1. The van der Waals surface area contributed by atoms with Gasteiger partial charge >= 0.3 is 12.1 Å². The van der Waals surface area contributed by atoms with Crippen molar-refractivity contribution in [2.75, 3.05) is 27.7 Å². The first kappa shape index (κ1) is 46.5. The van der Waals surface area contributed by atoms with Crippen LogP contribution in [0.4, 0.5) is 4.79 Å². The Balaban J connectivity index is 1.41. The van der Waals surface area contributed by atoms with E-state index >= 15 is 0 Å². The topological polar surface area (TPSA) is 191 Å². The Morgan fingerprint density at radius 1 is 1.14 bits per heavy atom. The molecule has 0 aromatic carbocycles. The Labute approximate surface area is 352 Å². The number of aliphatic hydroxyl groups excluding tert-OH is 1. The van der Waals surface area contributed by atoms with Gasteiger partial charge in [-0.15, -0.1) is 11.3 Å². The third-order valence-electron chi connectivity index (χ3n) is 12.3. The number of nitrogens with zero attached hydrogens (tertiary/aromatic N) is 4. The van der Waals surface area contributed by atoms with E-state index in [0.29, 0.717) is 25.8 Å². The lowest BCUT2D eigenvalue weighted by molar-refractivity contribution is -0.295. The van der Waals surface area contributed by atoms with Crippen molar-refractivity contribution >= 4 is 35.1 Å². The molecule has 5 rings (SSSR count). The number of aromatic nitrogens is 2. The van der Waals surface area contributed by atoms with Crippen molar-refractivity contribution in [3.05, 3.63) is 35.6 Å². The third-order valence-corrected chi connectivity index (χ3v) is 13.2. The first-order chi connectivity index (χ1) is 27.8. The molecule has 3 fully saturated rings. The number of carbonyl (C=O) groups excluding carboxylic acids is 4. The molecule has 2 aromatic heterocycles. The number of likely N-dealkylation sites (N-methyl/N-ethyl adjacent to an activating group) is 1. The number of hydrogen-bond donors (Lipinski definition) is 3. The van der Waals surface area contributed by atoms with E-state index in [-0.39, 0.29) is 30.9 Å². The molecule has 0 bridgehead atoms. The summed E-state index contributed by atoms with van der Waals surface area (Å²) in [6.45, 7) is 14.2. The summed E-state index contributed by atoms with van der Waals surface area (Å²) in [5.74, 6) is -4.54. The predicted molar refractivity (Wildman–Crippen MR) is 220 cm³/mol. The summed E-state index contributed by atoms with van der Waals surface area (Å²) in [5.41, 5.74) is 2.36. The molecule has 17 heteroatoms. The highest BCUT2D eigenvalue weighted by molar-refractivity contribution is 7.13. The number of fused-ring (bicyclic) bond motifs is 1. The van der Waals surface area contributed by atoms with Crippen LogP contribution in [0.15, 0.2) is 29.9 Å². The number of thiazole rings is 1. The van der Waals surface area contributed by atoms with Crippen LogP contribution in [-0.2, 0) is 44.5 Å². The molecule has 5 heterocycles. The Bertz CT molecular complexity index is 1770. The Kier molecular flexibility index (Phi) is 15.3. The molecule has 0 spiro atoms. The maximum Gasteiger partial charge on any atom is 0.425 e. The van der Waals surface area contributed by atoms with Crippen molar-refractivity contribution in [1.82, 2.24) is 30.6 Å². The summed E-state index contributed by atoms with van der Waals surface area (Å²) < 4.78 is 31.1. The molecular formula is C42H64N6O10S. The highest BCUT2D eigenvalue weighted by atomic mass is 32.1. The van der Waals surface area contributed by atoms with Gasteiger partial charge in [0.25, 0.3) is 0 Å². The molecular weight excluding hydrogens is 781 g/mol. The molecule has 59 heavy (non-hydrogen) atoms. The van der Waals surface area contributed by atoms with E-state index in [0.717, 1.165) is 16.3 Å². The number of carbonyl (C=O) groups is 4. The standard InChI is InChI=1S/C42H64N6O10S/c1-12-31-42(8)34(48(40(53)58-42)44-18-14-16-29-22-59-37(46-29)28-15-13-17-43-21-28)27(6)45-36(51)23(2)20-41(7,54-11)35(25(4)32(49)26(5)38(52)56-31)57-39-33(50)30(47(9)10)19-24(3)55-39/h13,15,17,21-27,30-31,33-35,39,44,50H,12,14,16,18-20H2,1-11H3,(H,45,51)/t23-,24-,25+,26-,27?,30+,31+,33-,34-,35+,39+,41+,42-/m1/s1. The van der Waals surface area contributed by atoms with Crippen LogP contribution in [0, 0.1) is 17.8 Å². The lowest BCUT2D eigenvalue weighted by Gasteiger charge is -2.46. The van der Waals surface area contributed by atoms with Crippen LogP contribution in [0.2, 0.25) is 0 Å². The molecule has 2 amide bonds. The van der Waals surface area contributed by atoms with Gasteiger partial charge in [-0.25, -0.2) is 20.2 Å². The Morgan fingerprint density at radius 2 is 1.86 bits per heavy atom. The van der Waals surface area contributed by atoms with Crippen molar-refractivity contribution in [1.29, 1.82) is 0 Å². The first-order valence-corrected chi connectivity index (χ1v) is 21.6. The molecule has 3 aliphatic rings. The lowest BCUT2D eigenvalue weighted by atomic mass is 9.78. The van der Waals surface area contributed by atoms with Gasteiger partial charge in [-0.3, -0.25) is 19.4 Å². The number of ketones is 1. The normalized spacial score (nSPS) is 36.4. The molecule has 0 saturated carbocycles. The van der Waals surface area contributed by atoms with Crippen LogP contribution in [0.3, 0.4) is 0 Å². The van der Waals surface area contributed by atoms with Gasteiger partial charge in [0.2, 0.25) is 5.91 Å². The van der Waals surface area contributed by atoms with Gasteiger partial charge in [-0.05, 0) is 93.0 Å². The number of hydrazine groups is 1. The zero-order chi connectivity index (χ0) is 43.4. The van der Waals surface area contributed by atoms with Crippen LogP contribution < -0.4 is 10.7 Å². The van der Waals surface area contributed by atoms with Gasteiger partial charge in [0, 0.05) is 54.9 Å². The molecule has 16 nitrogen and oxygen atoms in total. The first-order valence-electron chi connectivity index (χ1n) is 20.7. The summed E-state index contributed by atoms with van der Waals surface area (Å²) in [6, 6.07) is 2.00. The molecule has 0 radical (unpaired) electrons. The quantitative estimate of drug-likeness (QED) is 0.166. The zero-order valence-electron chi connectivity index (χ0n) is 36.3. The van der Waals surface area contributed by atoms with Gasteiger partial charge in [0.1, 0.15) is 29.2 Å². The zero-order valence-corrected chi connectivity index (χ0v) is 37.1. The number of aliphatic hydroxyl groups is 1. The highest BCUT2D eigenvalue weighted by Gasteiger charge is 2.59. The minimum absolute atomic E-state index is 0.0919. The maximum absolute atomic E-state index is 14.4. The minimum atomic E-state index is -1.44. The van der Waals surface area contributed by atoms with Crippen molar-refractivity contribution in [2.45, 2.75) is 148 Å². The number of cyclic esters (lactones) is 1. The molecule has 328 valence electrons. The number of ether oxygens (including phenoxy) is 5. The highest BCUT2D eigenvalue weighted by Crippen LogP contribution is 2.40. The monoisotopic (exact) mass is 844 g/mol. The molecule has 0 aliphatic carbocycles. The number of nitrogens with one attached hydrogen (secondary N) is 2. The number of rotatable bonds is 11. The number of pyridine rings is 1. The summed E-state index contributed by atoms with van der Waals surface area (Å²) in [7, 11) is 5.21. The van der Waals surface area contributed by atoms with E-state index in [9.17, 15) is 24.3 Å². The molecule has 2 aromatic rings. The number of methoxy groups -OCH3 is 1. The minimum Gasteiger partial charge on any atom is -0.457 e. The second-order valence-electron chi connectivity index (χ2n) is 17.1. The fourth-order valence-corrected chi connectivity index (χ4v) is 9.72. The molecule has 3 saturated heterocycles. The average molecular weight is 845 g/mol. The second-order valence-corrected chi connectivity index (χ2v) is 17.9. The van der Waals surface area contributed by atoms with Gasteiger partial charge in [0.05, 0.1) is 29.5 Å². The summed E-state index contributed by atoms with van der Waals surface area (Å²) in [4.78, 5) is 67.1. The summed E-state index contributed by atoms with van der Waals surface area (Å²) >= 11 is 1.54. The number of hydrogen-bond acceptors (Lipinski definition) is 15. The van der Waals surface area contributed by atoms with E-state index in [2.05, 4.69) is 15.7 Å². The van der Waals surface area contributed by atoms with Crippen molar-refractivity contribution in [3.8, 4) is 10.6 Å². The van der Waals surface area contributed by atoms with Crippen LogP contribution in [0.1, 0.15) is 86.8 Å². The lowest BCUT2D eigenvalue weighted by Crippen LogP contribution is -2.63. The average Bonchev–Trinajstić information content (AvgIpc) is 3.78. The number of esters is 1. The predicted octanol–water partition coefficient (Wildman–Crippen LogP) is 4.15. The fourth-order valence-electron chi connectivity index (χ4n) is 8.88. The molecule has 3 N–H and O–H groups in total. The van der Waals surface area contributed by atoms with E-state index < -0.39 is 83.5 Å². The number of amides is 2. The van der Waals surface area contributed by atoms with Gasteiger partial charge in [-0.1, -0.05) is 20.8 Å². The van der Waals surface area contributed by atoms with Crippen molar-refractivity contribution in [2.24, 2.45) is 17.8 Å². The third kappa shape index (κ3) is 10.1. The smallest absolute Gasteiger partial charge is 0.425 e. The van der Waals surface area contributed by atoms with E-state index in [1.165, 1.54) is 30.4 Å². The molecule has 13 atom stereocenters. The SMILES string of the molecule is CC[C@@H]1OC(=O)[C@H](C)C(=O)[C@H](C)[C@H](O[C@@H]2O[C@H](C)C[C@H](N(C)C)[C@H]2O)[C@@](C)(OC)C[C@@H](C)C(=O)NC(C)[C@H]2N(NCCCc3csc(-c4cccnc4)n3)C(=O)O[C@]12C. The summed E-state index contributed by atoms with van der Waals surface area (Å²) in [6.07, 6.45) is 0.464. The Morgan fingerprint density at radius 3 is 2.51 bits per heavy atom. The number of Topliss-reactive ketones (excluding diaryl/α,β-unsaturated/α-hetero) is 1. The largest absolute Gasteiger partial charge is 0.457 e. The van der Waals surface area contributed by atoms with Crippen molar-refractivity contribution < 1.29 is 48.0 Å². The van der Waals surface area contributed by atoms with Crippen molar-refractivity contribution in [3.63, 3.8) is 0 Å². The van der Waals surface area contributed by atoms with E-state index in [1.807, 2.05) is 43.4 Å². The van der Waals surface area contributed by atoms with E-state index in [4.69, 9.17) is 28.7 Å². The van der Waals surface area contributed by atoms with Crippen LogP contribution in [0.25, 0.3) is 10.6 Å². The molecule has 1 unspecified atom stereocenters. The van der Waals surface area contributed by atoms with Crippen LogP contribution >= 0.6 is 11.3 Å². The van der Waals surface area contributed by atoms with Crippen LogP contribution in [0.5, 0.6) is 0 Å². The van der Waals surface area contributed by atoms with Gasteiger partial charge < -0.3 is 39.0 Å². The van der Waals surface area contributed by atoms with Crippen LogP contribution in [-0.4, -0.2) is 137 Å². The maximum atomic E-state index is 14.4.